The van der Waals surface area contributed by atoms with Crippen molar-refractivity contribution in [2.75, 3.05) is 0 Å². The Bertz CT molecular complexity index is 562. The summed E-state index contributed by atoms with van der Waals surface area (Å²) < 4.78 is 5.71. The van der Waals surface area contributed by atoms with Crippen LogP contribution in [0.2, 0.25) is 0 Å². The number of benzene rings is 1. The number of hydrogen-bond acceptors (Lipinski definition) is 2. The molecule has 0 spiro atoms. The first-order valence-corrected chi connectivity index (χ1v) is 8.01. The predicted molar refractivity (Wildman–Crippen MR) is 85.4 cm³/mol. The third-order valence-electron chi connectivity index (χ3n) is 4.56. The topological polar surface area (TPSA) is 62.7 Å². The molecule has 1 saturated carbocycles. The average molecular weight is 300 g/mol. The lowest BCUT2D eigenvalue weighted by atomic mass is 9.75. The second-order valence-corrected chi connectivity index (χ2v) is 6.58. The molecular formula is C18H24N2O2. The summed E-state index contributed by atoms with van der Waals surface area (Å²) in [4.78, 5) is 15.6. The fourth-order valence-electron chi connectivity index (χ4n) is 3.26. The van der Waals surface area contributed by atoms with Gasteiger partial charge in [0.15, 0.2) is 0 Å². The van der Waals surface area contributed by atoms with Gasteiger partial charge in [-0.2, -0.15) is 4.79 Å². The Morgan fingerprint density at radius 1 is 1.27 bits per heavy atom. The van der Waals surface area contributed by atoms with Crippen molar-refractivity contribution in [2.45, 2.75) is 46.1 Å². The summed E-state index contributed by atoms with van der Waals surface area (Å²) in [7, 11) is 0. The van der Waals surface area contributed by atoms with Crippen molar-refractivity contribution in [1.82, 2.24) is 0 Å². The Morgan fingerprint density at radius 3 is 2.55 bits per heavy atom. The summed E-state index contributed by atoms with van der Waals surface area (Å²) in [6.45, 7) is 6.52. The van der Waals surface area contributed by atoms with Crippen LogP contribution in [-0.2, 0) is 9.53 Å². The van der Waals surface area contributed by atoms with Crippen molar-refractivity contribution in [3.05, 3.63) is 41.4 Å². The third-order valence-corrected chi connectivity index (χ3v) is 4.56. The van der Waals surface area contributed by atoms with Crippen LogP contribution >= 0.6 is 0 Å². The van der Waals surface area contributed by atoms with Crippen molar-refractivity contribution in [1.29, 1.82) is 0 Å². The molecular weight excluding hydrogens is 276 g/mol. The third kappa shape index (κ3) is 3.83. The van der Waals surface area contributed by atoms with Gasteiger partial charge < -0.3 is 10.3 Å². The van der Waals surface area contributed by atoms with E-state index in [1.54, 1.807) is 24.3 Å². The van der Waals surface area contributed by atoms with Crippen LogP contribution in [0.5, 0.6) is 0 Å². The van der Waals surface area contributed by atoms with E-state index in [0.29, 0.717) is 23.3 Å². The SMILES string of the molecule is CC(C)[C@@H]1CC[C@@H](C)CC1OC(=O)C(=[N+]=[N-])c1ccccc1. The van der Waals surface area contributed by atoms with Crippen molar-refractivity contribution in [2.24, 2.45) is 17.8 Å². The van der Waals surface area contributed by atoms with E-state index in [0.717, 1.165) is 12.8 Å². The molecule has 1 aliphatic carbocycles. The molecule has 3 atom stereocenters. The first-order valence-electron chi connectivity index (χ1n) is 8.01. The number of esters is 1. The fourth-order valence-corrected chi connectivity index (χ4v) is 3.26. The van der Waals surface area contributed by atoms with Gasteiger partial charge in [0, 0.05) is 0 Å². The molecule has 22 heavy (non-hydrogen) atoms. The van der Waals surface area contributed by atoms with E-state index in [1.165, 1.54) is 6.42 Å². The van der Waals surface area contributed by atoms with Gasteiger partial charge in [-0.3, -0.25) is 0 Å². The van der Waals surface area contributed by atoms with Gasteiger partial charge >= 0.3 is 11.7 Å². The highest BCUT2D eigenvalue weighted by molar-refractivity contribution is 6.40. The minimum Gasteiger partial charge on any atom is -0.453 e. The van der Waals surface area contributed by atoms with Crippen molar-refractivity contribution >= 4 is 11.7 Å². The van der Waals surface area contributed by atoms with Crippen LogP contribution in [0.3, 0.4) is 0 Å². The zero-order valence-corrected chi connectivity index (χ0v) is 13.5. The van der Waals surface area contributed by atoms with Crippen molar-refractivity contribution < 1.29 is 14.3 Å². The van der Waals surface area contributed by atoms with E-state index >= 15 is 0 Å². The van der Waals surface area contributed by atoms with Crippen LogP contribution < -0.4 is 0 Å². The Labute approximate surface area is 132 Å². The largest absolute Gasteiger partial charge is 0.453 e. The summed E-state index contributed by atoms with van der Waals surface area (Å²) >= 11 is 0. The first kappa shape index (κ1) is 16.4. The van der Waals surface area contributed by atoms with Gasteiger partial charge in [-0.25, -0.2) is 4.79 Å². The van der Waals surface area contributed by atoms with Gasteiger partial charge in [-0.15, -0.1) is 0 Å². The molecule has 0 aliphatic heterocycles. The number of carbonyl (C=O) groups excluding carboxylic acids is 1. The maximum atomic E-state index is 12.4. The van der Waals surface area contributed by atoms with Gasteiger partial charge in [0.2, 0.25) is 0 Å². The van der Waals surface area contributed by atoms with Crippen LogP contribution in [0, 0.1) is 17.8 Å². The van der Waals surface area contributed by atoms with Gasteiger partial charge in [0.05, 0.1) is 5.56 Å². The molecule has 1 aromatic rings. The number of nitrogens with zero attached hydrogens (tertiary/aromatic N) is 2. The second kappa shape index (κ2) is 7.37. The molecule has 2 rings (SSSR count). The van der Waals surface area contributed by atoms with Crippen molar-refractivity contribution in [3.63, 3.8) is 0 Å². The van der Waals surface area contributed by atoms with Gasteiger partial charge in [-0.05, 0) is 42.7 Å². The molecule has 0 radical (unpaired) electrons. The predicted octanol–water partition coefficient (Wildman–Crippen LogP) is 3.71. The zero-order chi connectivity index (χ0) is 16.1. The number of hydrogen-bond donors (Lipinski definition) is 0. The van der Waals surface area contributed by atoms with Crippen LogP contribution in [-0.4, -0.2) is 22.6 Å². The highest BCUT2D eigenvalue weighted by Crippen LogP contribution is 2.35. The van der Waals surface area contributed by atoms with Crippen LogP contribution in [0.25, 0.3) is 5.53 Å². The van der Waals surface area contributed by atoms with E-state index in [9.17, 15) is 10.3 Å². The summed E-state index contributed by atoms with van der Waals surface area (Å²) in [6, 6.07) is 8.92. The average Bonchev–Trinajstić information content (AvgIpc) is 2.48. The number of ether oxygens (including phenoxy) is 1. The Morgan fingerprint density at radius 2 is 1.95 bits per heavy atom. The zero-order valence-electron chi connectivity index (χ0n) is 13.5. The molecule has 0 amide bonds. The lowest BCUT2D eigenvalue weighted by Crippen LogP contribution is -2.37. The molecule has 0 aromatic heterocycles. The minimum atomic E-state index is -0.543. The quantitative estimate of drug-likeness (QED) is 0.368. The maximum Gasteiger partial charge on any atom is 0.422 e. The van der Waals surface area contributed by atoms with E-state index < -0.39 is 5.97 Å². The molecule has 0 heterocycles. The van der Waals surface area contributed by atoms with E-state index in [-0.39, 0.29) is 11.8 Å². The standard InChI is InChI=1S/C18H24N2O2/c1-12(2)15-10-9-13(3)11-16(15)22-18(21)17(20-19)14-7-5-4-6-8-14/h4-8,12-13,15-16H,9-11H2,1-3H3/t13-,15+,16?/m1/s1. The minimum absolute atomic E-state index is 0.0265. The Kier molecular flexibility index (Phi) is 5.51. The first-order chi connectivity index (χ1) is 10.5. The normalized spacial score (nSPS) is 24.6. The highest BCUT2D eigenvalue weighted by atomic mass is 16.5. The molecule has 1 fully saturated rings. The molecule has 0 N–H and O–H groups in total. The molecule has 1 aromatic carbocycles. The van der Waals surface area contributed by atoms with E-state index in [2.05, 4.69) is 25.6 Å². The highest BCUT2D eigenvalue weighted by Gasteiger charge is 2.36. The number of rotatable bonds is 4. The molecule has 118 valence electrons. The van der Waals surface area contributed by atoms with Crippen LogP contribution in [0.15, 0.2) is 30.3 Å². The molecule has 1 aliphatic rings. The van der Waals surface area contributed by atoms with E-state index in [4.69, 9.17) is 4.74 Å². The monoisotopic (exact) mass is 300 g/mol. The van der Waals surface area contributed by atoms with Gasteiger partial charge in [-0.1, -0.05) is 45.4 Å². The summed E-state index contributed by atoms with van der Waals surface area (Å²) in [6.07, 6.45) is 3.03. The van der Waals surface area contributed by atoms with Gasteiger partial charge in [0.25, 0.3) is 0 Å². The second-order valence-electron chi connectivity index (χ2n) is 6.58. The summed E-state index contributed by atoms with van der Waals surface area (Å²) in [5.74, 6) is 0.852. The van der Waals surface area contributed by atoms with Gasteiger partial charge in [0.1, 0.15) is 6.10 Å². The van der Waals surface area contributed by atoms with Crippen molar-refractivity contribution in [3.8, 4) is 0 Å². The summed E-state index contributed by atoms with van der Waals surface area (Å²) in [5.41, 5.74) is 9.74. The summed E-state index contributed by atoms with van der Waals surface area (Å²) in [5, 5.41) is 0. The maximum absolute atomic E-state index is 12.4. The number of carbonyl (C=O) groups is 1. The van der Waals surface area contributed by atoms with Crippen LogP contribution in [0.1, 0.15) is 45.6 Å². The molecule has 4 nitrogen and oxygen atoms in total. The molecule has 0 bridgehead atoms. The molecule has 0 saturated heterocycles. The molecule has 1 unspecified atom stereocenters. The molecule has 4 heteroatoms. The fraction of sp³-hybridized carbons (Fsp3) is 0.556. The Hall–Kier alpha value is -1.93. The smallest absolute Gasteiger partial charge is 0.422 e. The van der Waals surface area contributed by atoms with Crippen LogP contribution in [0.4, 0.5) is 0 Å². The van der Waals surface area contributed by atoms with E-state index in [1.807, 2.05) is 6.07 Å². The lowest BCUT2D eigenvalue weighted by Gasteiger charge is -2.36. The lowest BCUT2D eigenvalue weighted by molar-refractivity contribution is -0.151. The Balaban J connectivity index is 2.13.